The van der Waals surface area contributed by atoms with E-state index >= 15 is 0 Å². The van der Waals surface area contributed by atoms with Crippen molar-refractivity contribution in [1.29, 1.82) is 0 Å². The lowest BCUT2D eigenvalue weighted by Gasteiger charge is -2.34. The van der Waals surface area contributed by atoms with Crippen molar-refractivity contribution in [2.24, 2.45) is 0 Å². The summed E-state index contributed by atoms with van der Waals surface area (Å²) < 4.78 is 0. The normalized spacial score (nSPS) is 13.3. The van der Waals surface area contributed by atoms with E-state index in [-0.39, 0.29) is 0 Å². The number of benzene rings is 12. The maximum absolute atomic E-state index is 2.37. The van der Waals surface area contributed by atoms with Crippen LogP contribution in [-0.2, 0) is 10.8 Å². The first-order chi connectivity index (χ1) is 37.2. The summed E-state index contributed by atoms with van der Waals surface area (Å²) in [5.41, 5.74) is 25.1. The molecule has 1 heteroatoms. The van der Waals surface area contributed by atoms with Crippen LogP contribution >= 0.6 is 0 Å². The van der Waals surface area contributed by atoms with Crippen LogP contribution in [0.5, 0.6) is 0 Å². The first-order valence-corrected chi connectivity index (χ1v) is 26.1. The molecule has 12 aromatic rings. The minimum absolute atomic E-state index is 0.424. The van der Waals surface area contributed by atoms with Crippen LogP contribution in [0.2, 0.25) is 0 Å². The summed E-state index contributed by atoms with van der Waals surface area (Å²) in [5, 5.41) is 0. The van der Waals surface area contributed by atoms with Gasteiger partial charge in [0.25, 0.3) is 0 Å². The molecule has 0 bridgehead atoms. The van der Waals surface area contributed by atoms with E-state index in [0.29, 0.717) is 0 Å². The number of fused-ring (bicyclic) bond motifs is 6. The molecule has 12 aromatic carbocycles. The van der Waals surface area contributed by atoms with E-state index in [1.54, 1.807) is 0 Å². The minimum Gasteiger partial charge on any atom is -0.311 e. The molecule has 352 valence electrons. The van der Waals surface area contributed by atoms with Gasteiger partial charge in [0.1, 0.15) is 0 Å². The third kappa shape index (κ3) is 7.08. The molecule has 0 radical (unpaired) electrons. The largest absolute Gasteiger partial charge is 0.311 e. The Morgan fingerprint density at radius 3 is 0.680 bits per heavy atom. The van der Waals surface area contributed by atoms with Gasteiger partial charge in [-0.05, 0) is 137 Å². The van der Waals surface area contributed by atoms with Gasteiger partial charge in [0.2, 0.25) is 0 Å². The fourth-order valence-corrected chi connectivity index (χ4v) is 12.7. The van der Waals surface area contributed by atoms with Gasteiger partial charge in [-0.15, -0.1) is 0 Å². The van der Waals surface area contributed by atoms with Gasteiger partial charge in [-0.25, -0.2) is 0 Å². The lowest BCUT2D eigenvalue weighted by molar-refractivity contribution is 0.768. The van der Waals surface area contributed by atoms with Crippen LogP contribution in [-0.4, -0.2) is 0 Å². The number of nitrogens with zero attached hydrogens (tertiary/aromatic N) is 1. The Hall–Kier alpha value is -9.56. The summed E-state index contributed by atoms with van der Waals surface area (Å²) in [6.07, 6.45) is 0. The standard InChI is InChI=1S/C74H51N/c1-4-18-52(19-5-1)55-36-46-62(47-37-55)75(63-48-38-56(39-49-63)53-32-42-60(43-33-53)73(58-20-6-2-7-21-58)69-28-14-10-24-65(69)66-25-11-15-29-70(66)73)64-50-40-57(41-51-64)54-34-44-61(45-35-54)74(59-22-8-3-9-23-59)71-30-16-12-26-67(71)68-27-13-17-31-72(68)74/h1-51H. The SMILES string of the molecule is c1ccc(-c2ccc(N(c3ccc(-c4ccc(C5(c6ccccc6)c6ccccc6-c6ccccc65)cc4)cc3)c3ccc(-c4ccc(C5(c6ccccc6)c6ccccc6-c6ccccc65)cc4)cc3)cc2)cc1. The van der Waals surface area contributed by atoms with Crippen LogP contribution in [0.4, 0.5) is 17.1 Å². The quantitative estimate of drug-likeness (QED) is 0.132. The van der Waals surface area contributed by atoms with E-state index in [2.05, 4.69) is 314 Å². The first kappa shape index (κ1) is 44.2. The molecule has 0 heterocycles. The summed E-state index contributed by atoms with van der Waals surface area (Å²) in [4.78, 5) is 2.37. The van der Waals surface area contributed by atoms with Crippen molar-refractivity contribution in [2.45, 2.75) is 10.8 Å². The molecule has 0 spiro atoms. The second-order valence-electron chi connectivity index (χ2n) is 19.9. The monoisotopic (exact) mass is 953 g/mol. The molecule has 14 rings (SSSR count). The van der Waals surface area contributed by atoms with Gasteiger partial charge in [0, 0.05) is 17.1 Å². The summed E-state index contributed by atoms with van der Waals surface area (Å²) in [7, 11) is 0. The van der Waals surface area contributed by atoms with Crippen molar-refractivity contribution in [3.8, 4) is 55.6 Å². The molecule has 2 aliphatic carbocycles. The second-order valence-corrected chi connectivity index (χ2v) is 19.9. The zero-order valence-electron chi connectivity index (χ0n) is 41.4. The second kappa shape index (κ2) is 18.2. The van der Waals surface area contributed by atoms with Crippen LogP contribution < -0.4 is 4.90 Å². The summed E-state index contributed by atoms with van der Waals surface area (Å²) in [5.74, 6) is 0. The van der Waals surface area contributed by atoms with Crippen molar-refractivity contribution in [2.75, 3.05) is 4.90 Å². The molecule has 0 aliphatic heterocycles. The first-order valence-electron chi connectivity index (χ1n) is 26.1. The van der Waals surface area contributed by atoms with E-state index in [1.807, 2.05) is 0 Å². The molecule has 0 saturated heterocycles. The lowest BCUT2D eigenvalue weighted by Crippen LogP contribution is -2.28. The average Bonchev–Trinajstić information content (AvgIpc) is 4.00. The topological polar surface area (TPSA) is 3.24 Å². The van der Waals surface area contributed by atoms with Crippen molar-refractivity contribution in [1.82, 2.24) is 0 Å². The van der Waals surface area contributed by atoms with Crippen LogP contribution in [0.15, 0.2) is 309 Å². The highest BCUT2D eigenvalue weighted by Gasteiger charge is 2.47. The minimum atomic E-state index is -0.424. The number of anilines is 3. The molecule has 2 aliphatic rings. The Balaban J connectivity index is 0.805. The molecule has 0 N–H and O–H groups in total. The van der Waals surface area contributed by atoms with E-state index in [4.69, 9.17) is 0 Å². The molecule has 0 saturated carbocycles. The molecule has 0 atom stereocenters. The van der Waals surface area contributed by atoms with Crippen LogP contribution in [0.3, 0.4) is 0 Å². The van der Waals surface area contributed by atoms with Gasteiger partial charge in [0.15, 0.2) is 0 Å². The highest BCUT2D eigenvalue weighted by Crippen LogP contribution is 2.58. The molecule has 0 unspecified atom stereocenters. The van der Waals surface area contributed by atoms with Crippen molar-refractivity contribution in [3.05, 3.63) is 354 Å². The molecule has 1 nitrogen and oxygen atoms in total. The Bertz CT molecular complexity index is 3670. The van der Waals surface area contributed by atoms with Gasteiger partial charge in [-0.3, -0.25) is 0 Å². The predicted molar refractivity (Wildman–Crippen MR) is 312 cm³/mol. The van der Waals surface area contributed by atoms with Gasteiger partial charge in [-0.1, -0.05) is 273 Å². The highest BCUT2D eigenvalue weighted by molar-refractivity contribution is 5.89. The smallest absolute Gasteiger partial charge is 0.0713 e. The molecular weight excluding hydrogens is 903 g/mol. The van der Waals surface area contributed by atoms with E-state index in [1.165, 1.54) is 100 Å². The van der Waals surface area contributed by atoms with E-state index in [0.717, 1.165) is 17.1 Å². The van der Waals surface area contributed by atoms with Crippen LogP contribution in [0.25, 0.3) is 55.6 Å². The van der Waals surface area contributed by atoms with Crippen molar-refractivity contribution in [3.63, 3.8) is 0 Å². The van der Waals surface area contributed by atoms with Crippen LogP contribution in [0.1, 0.15) is 44.5 Å². The molecular formula is C74H51N. The van der Waals surface area contributed by atoms with Gasteiger partial charge in [-0.2, -0.15) is 0 Å². The molecule has 0 amide bonds. The van der Waals surface area contributed by atoms with Crippen LogP contribution in [0, 0.1) is 0 Å². The van der Waals surface area contributed by atoms with E-state index in [9.17, 15) is 0 Å². The maximum Gasteiger partial charge on any atom is 0.0713 e. The summed E-state index contributed by atoms with van der Waals surface area (Å²) in [6, 6.07) is 114. The third-order valence-corrected chi connectivity index (χ3v) is 16.1. The Kier molecular flexibility index (Phi) is 10.7. The number of rotatable bonds is 10. The van der Waals surface area contributed by atoms with Crippen molar-refractivity contribution < 1.29 is 0 Å². The third-order valence-electron chi connectivity index (χ3n) is 16.1. The Labute approximate surface area is 440 Å². The summed E-state index contributed by atoms with van der Waals surface area (Å²) in [6.45, 7) is 0. The Morgan fingerprint density at radius 2 is 0.387 bits per heavy atom. The Morgan fingerprint density at radius 1 is 0.173 bits per heavy atom. The van der Waals surface area contributed by atoms with Gasteiger partial charge < -0.3 is 4.90 Å². The van der Waals surface area contributed by atoms with Crippen molar-refractivity contribution >= 4 is 17.1 Å². The predicted octanol–water partition coefficient (Wildman–Crippen LogP) is 18.9. The fraction of sp³-hybridized carbons (Fsp3) is 0.0270. The molecule has 0 aromatic heterocycles. The average molecular weight is 954 g/mol. The van der Waals surface area contributed by atoms with Gasteiger partial charge in [0.05, 0.1) is 10.8 Å². The lowest BCUT2D eigenvalue weighted by atomic mass is 9.67. The number of hydrogen-bond acceptors (Lipinski definition) is 1. The zero-order valence-corrected chi connectivity index (χ0v) is 41.4. The summed E-state index contributed by atoms with van der Waals surface area (Å²) >= 11 is 0. The van der Waals surface area contributed by atoms with E-state index < -0.39 is 10.8 Å². The zero-order chi connectivity index (χ0) is 49.8. The fourth-order valence-electron chi connectivity index (χ4n) is 12.7. The maximum atomic E-state index is 2.37. The highest BCUT2D eigenvalue weighted by atomic mass is 15.1. The molecule has 75 heavy (non-hydrogen) atoms. The number of hydrogen-bond donors (Lipinski definition) is 0. The molecule has 0 fully saturated rings. The van der Waals surface area contributed by atoms with Gasteiger partial charge >= 0.3 is 0 Å².